The summed E-state index contributed by atoms with van der Waals surface area (Å²) in [4.78, 5) is 1.73. The maximum atomic E-state index is 12.7. The molecule has 0 spiro atoms. The molecule has 0 aliphatic heterocycles. The SMILES string of the molecule is CC(O)c1ccc(C2(CNS(=O)(=O)c3ccc(OC(F)(F)F)cc3)CCCC2)s1. The van der Waals surface area contributed by atoms with E-state index in [9.17, 15) is 26.7 Å². The second-order valence-electron chi connectivity index (χ2n) is 7.21. The van der Waals surface area contributed by atoms with Gasteiger partial charge in [-0.05, 0) is 56.2 Å². The molecular formula is C19H22F3NO4S2. The molecule has 2 N–H and O–H groups in total. The van der Waals surface area contributed by atoms with E-state index in [4.69, 9.17) is 0 Å². The van der Waals surface area contributed by atoms with Crippen LogP contribution in [-0.4, -0.2) is 26.4 Å². The van der Waals surface area contributed by atoms with E-state index < -0.39 is 28.2 Å². The molecule has 0 saturated heterocycles. The molecular weight excluding hydrogens is 427 g/mol. The summed E-state index contributed by atoms with van der Waals surface area (Å²) in [5, 5.41) is 9.78. The van der Waals surface area contributed by atoms with Crippen molar-refractivity contribution in [2.45, 2.75) is 55.4 Å². The average Bonchev–Trinajstić information content (AvgIpc) is 3.30. The lowest BCUT2D eigenvalue weighted by atomic mass is 9.85. The highest BCUT2D eigenvalue weighted by atomic mass is 32.2. The van der Waals surface area contributed by atoms with Crippen LogP contribution in [0, 0.1) is 0 Å². The quantitative estimate of drug-likeness (QED) is 0.653. The summed E-state index contributed by atoms with van der Waals surface area (Å²) in [5.74, 6) is -0.479. The smallest absolute Gasteiger partial charge is 0.406 e. The number of hydrogen-bond donors (Lipinski definition) is 2. The van der Waals surface area contributed by atoms with Crippen molar-refractivity contribution in [3.8, 4) is 5.75 Å². The Morgan fingerprint density at radius 1 is 1.17 bits per heavy atom. The van der Waals surface area contributed by atoms with Crippen LogP contribution >= 0.6 is 11.3 Å². The molecule has 0 bridgehead atoms. The molecule has 1 unspecified atom stereocenters. The highest BCUT2D eigenvalue weighted by Gasteiger charge is 2.38. The van der Waals surface area contributed by atoms with Gasteiger partial charge in [-0.1, -0.05) is 12.8 Å². The van der Waals surface area contributed by atoms with Gasteiger partial charge in [0.25, 0.3) is 0 Å². The van der Waals surface area contributed by atoms with Crippen LogP contribution in [0.5, 0.6) is 5.75 Å². The zero-order chi connectivity index (χ0) is 21.3. The van der Waals surface area contributed by atoms with Crippen LogP contribution in [0.4, 0.5) is 13.2 Å². The lowest BCUT2D eigenvalue weighted by Crippen LogP contribution is -2.38. The first-order valence-corrected chi connectivity index (χ1v) is 11.4. The molecule has 29 heavy (non-hydrogen) atoms. The van der Waals surface area contributed by atoms with Crippen LogP contribution in [0.1, 0.15) is 48.5 Å². The maximum absolute atomic E-state index is 12.7. The summed E-state index contributed by atoms with van der Waals surface area (Å²) in [7, 11) is -3.90. The van der Waals surface area contributed by atoms with Crippen LogP contribution in [0.2, 0.25) is 0 Å². The number of sulfonamides is 1. The number of aliphatic hydroxyl groups is 1. The number of rotatable bonds is 7. The van der Waals surface area contributed by atoms with Crippen molar-refractivity contribution >= 4 is 21.4 Å². The van der Waals surface area contributed by atoms with Crippen LogP contribution < -0.4 is 9.46 Å². The zero-order valence-electron chi connectivity index (χ0n) is 15.7. The molecule has 1 aliphatic rings. The Kier molecular flexibility index (Phi) is 6.28. The van der Waals surface area contributed by atoms with Crippen LogP contribution in [0.25, 0.3) is 0 Å². The van der Waals surface area contributed by atoms with E-state index in [2.05, 4.69) is 9.46 Å². The standard InChI is InChI=1S/C19H22F3NO4S2/c1-13(24)16-8-9-17(28-16)18(10-2-3-11-18)12-23-29(25,26)15-6-4-14(5-7-15)27-19(20,21)22/h4-9,13,23-24H,2-3,10-12H2,1H3. The van der Waals surface area contributed by atoms with Gasteiger partial charge in [0.1, 0.15) is 5.75 Å². The Bertz CT molecular complexity index is 931. The first-order chi connectivity index (χ1) is 13.5. The summed E-state index contributed by atoms with van der Waals surface area (Å²) in [5.41, 5.74) is -0.343. The van der Waals surface area contributed by atoms with Crippen molar-refractivity contribution in [2.75, 3.05) is 6.54 Å². The van der Waals surface area contributed by atoms with Gasteiger partial charge >= 0.3 is 6.36 Å². The maximum Gasteiger partial charge on any atom is 0.573 e. The van der Waals surface area contributed by atoms with Crippen molar-refractivity contribution < 1.29 is 31.4 Å². The molecule has 3 rings (SSSR count). The molecule has 0 radical (unpaired) electrons. The number of thiophene rings is 1. The summed E-state index contributed by atoms with van der Waals surface area (Å²) in [6.07, 6.45) is -1.80. The largest absolute Gasteiger partial charge is 0.573 e. The fraction of sp³-hybridized carbons (Fsp3) is 0.474. The van der Waals surface area contributed by atoms with Gasteiger partial charge in [0.2, 0.25) is 10.0 Å². The highest BCUT2D eigenvalue weighted by Crippen LogP contribution is 2.44. The van der Waals surface area contributed by atoms with E-state index in [1.165, 1.54) is 11.3 Å². The van der Waals surface area contributed by atoms with E-state index in [1.54, 1.807) is 6.92 Å². The van der Waals surface area contributed by atoms with Crippen LogP contribution in [-0.2, 0) is 15.4 Å². The van der Waals surface area contributed by atoms with Gasteiger partial charge in [0.15, 0.2) is 0 Å². The van der Waals surface area contributed by atoms with E-state index >= 15 is 0 Å². The molecule has 1 aliphatic carbocycles. The summed E-state index contributed by atoms with van der Waals surface area (Å²) in [6, 6.07) is 7.92. The minimum Gasteiger partial charge on any atom is -0.406 e. The van der Waals surface area contributed by atoms with Crippen molar-refractivity contribution in [1.82, 2.24) is 4.72 Å². The molecule has 1 heterocycles. The third kappa shape index (κ3) is 5.30. The molecule has 1 saturated carbocycles. The van der Waals surface area contributed by atoms with Gasteiger partial charge in [-0.3, -0.25) is 0 Å². The molecule has 1 fully saturated rings. The second-order valence-corrected chi connectivity index (χ2v) is 10.1. The number of ether oxygens (including phenoxy) is 1. The van der Waals surface area contributed by atoms with Crippen molar-refractivity contribution in [2.24, 2.45) is 0 Å². The molecule has 10 heteroatoms. The number of hydrogen-bond acceptors (Lipinski definition) is 5. The number of nitrogens with one attached hydrogen (secondary N) is 1. The monoisotopic (exact) mass is 449 g/mol. The predicted octanol–water partition coefficient (Wildman–Crippen LogP) is 4.49. The third-order valence-electron chi connectivity index (χ3n) is 5.09. The lowest BCUT2D eigenvalue weighted by Gasteiger charge is -2.28. The van der Waals surface area contributed by atoms with Gasteiger partial charge in [-0.15, -0.1) is 24.5 Å². The van der Waals surface area contributed by atoms with E-state index in [0.717, 1.165) is 59.7 Å². The predicted molar refractivity (Wildman–Crippen MR) is 103 cm³/mol. The van der Waals surface area contributed by atoms with Crippen molar-refractivity contribution in [1.29, 1.82) is 0 Å². The Hall–Kier alpha value is -1.62. The molecule has 2 aromatic rings. The Morgan fingerprint density at radius 3 is 2.31 bits per heavy atom. The minimum absolute atomic E-state index is 0.129. The molecule has 160 valence electrons. The lowest BCUT2D eigenvalue weighted by molar-refractivity contribution is -0.274. The molecule has 0 amide bonds. The second kappa shape index (κ2) is 8.25. The Labute approximate surface area is 171 Å². The minimum atomic E-state index is -4.83. The van der Waals surface area contributed by atoms with Gasteiger partial charge in [-0.25, -0.2) is 13.1 Å². The van der Waals surface area contributed by atoms with Crippen LogP contribution in [0.3, 0.4) is 0 Å². The fourth-order valence-electron chi connectivity index (χ4n) is 3.56. The molecule has 1 atom stereocenters. The summed E-state index contributed by atoms with van der Waals surface area (Å²) >= 11 is 1.48. The average molecular weight is 450 g/mol. The molecule has 5 nitrogen and oxygen atoms in total. The number of halogens is 3. The van der Waals surface area contributed by atoms with Gasteiger partial charge in [-0.2, -0.15) is 0 Å². The Balaban J connectivity index is 1.75. The number of alkyl halides is 3. The Morgan fingerprint density at radius 2 is 1.79 bits per heavy atom. The first kappa shape index (κ1) is 22.1. The van der Waals surface area contributed by atoms with Gasteiger partial charge < -0.3 is 9.84 Å². The summed E-state index contributed by atoms with van der Waals surface area (Å²) in [6.45, 7) is 1.88. The van der Waals surface area contributed by atoms with Crippen molar-refractivity contribution in [3.63, 3.8) is 0 Å². The molecule has 1 aromatic carbocycles. The van der Waals surface area contributed by atoms with Gasteiger partial charge in [0.05, 0.1) is 11.0 Å². The zero-order valence-corrected chi connectivity index (χ0v) is 17.3. The van der Waals surface area contributed by atoms with Crippen molar-refractivity contribution in [3.05, 3.63) is 46.2 Å². The topological polar surface area (TPSA) is 75.6 Å². The summed E-state index contributed by atoms with van der Waals surface area (Å²) < 4.78 is 68.5. The normalized spacial score (nSPS) is 18.0. The third-order valence-corrected chi connectivity index (χ3v) is 8.01. The first-order valence-electron chi connectivity index (χ1n) is 9.15. The van der Waals surface area contributed by atoms with E-state index in [1.807, 2.05) is 12.1 Å². The highest BCUT2D eigenvalue weighted by molar-refractivity contribution is 7.89. The molecule has 1 aromatic heterocycles. The van der Waals surface area contributed by atoms with E-state index in [-0.39, 0.29) is 16.9 Å². The number of aliphatic hydroxyl groups excluding tert-OH is 1. The van der Waals surface area contributed by atoms with Gasteiger partial charge in [0, 0.05) is 21.7 Å². The van der Waals surface area contributed by atoms with E-state index in [0.29, 0.717) is 0 Å². The van der Waals surface area contributed by atoms with Crippen LogP contribution in [0.15, 0.2) is 41.3 Å². The fourth-order valence-corrected chi connectivity index (χ4v) is 5.88. The number of benzene rings is 1.